The van der Waals surface area contributed by atoms with Gasteiger partial charge in [-0.15, -0.1) is 0 Å². The molecule has 0 spiro atoms. The number of anilines is 1. The number of hydrogen-bond acceptors (Lipinski definition) is 4. The molecule has 0 amide bonds. The molecule has 2 N–H and O–H groups in total. The first-order chi connectivity index (χ1) is 8.15. The van der Waals surface area contributed by atoms with E-state index in [2.05, 4.69) is 5.10 Å². The van der Waals surface area contributed by atoms with Crippen molar-refractivity contribution >= 4 is 5.82 Å². The number of nitrogens with zero attached hydrogens (tertiary/aromatic N) is 2. The van der Waals surface area contributed by atoms with Crippen molar-refractivity contribution in [1.29, 1.82) is 0 Å². The Bertz CT molecular complexity index is 515. The van der Waals surface area contributed by atoms with Crippen molar-refractivity contribution in [3.05, 3.63) is 24.3 Å². The maximum atomic E-state index is 5.75. The zero-order valence-electron chi connectivity index (χ0n) is 10.1. The van der Waals surface area contributed by atoms with Gasteiger partial charge in [0.15, 0.2) is 11.5 Å². The molecule has 1 aromatic heterocycles. The molecule has 0 aliphatic rings. The first-order valence-corrected chi connectivity index (χ1v) is 5.17. The van der Waals surface area contributed by atoms with Crippen LogP contribution in [0.2, 0.25) is 0 Å². The molecule has 0 aliphatic carbocycles. The predicted octanol–water partition coefficient (Wildman–Crippen LogP) is 1.69. The Hall–Kier alpha value is -2.17. The topological polar surface area (TPSA) is 62.3 Å². The van der Waals surface area contributed by atoms with Crippen LogP contribution in [0.25, 0.3) is 11.3 Å². The summed E-state index contributed by atoms with van der Waals surface area (Å²) in [5.41, 5.74) is 7.50. The van der Waals surface area contributed by atoms with E-state index in [0.29, 0.717) is 17.3 Å². The number of nitrogen functional groups attached to an aromatic ring is 1. The van der Waals surface area contributed by atoms with E-state index in [1.807, 2.05) is 24.3 Å². The minimum Gasteiger partial charge on any atom is -0.493 e. The SMILES string of the molecule is COc1ccc(-c2cc(N)n(C)n2)cc1OC. The van der Waals surface area contributed by atoms with Gasteiger partial charge in [0.25, 0.3) is 0 Å². The molecule has 0 radical (unpaired) electrons. The van der Waals surface area contributed by atoms with Gasteiger partial charge >= 0.3 is 0 Å². The van der Waals surface area contributed by atoms with Crippen LogP contribution in [0.1, 0.15) is 0 Å². The first-order valence-electron chi connectivity index (χ1n) is 5.17. The van der Waals surface area contributed by atoms with Crippen molar-refractivity contribution in [3.63, 3.8) is 0 Å². The summed E-state index contributed by atoms with van der Waals surface area (Å²) in [6.07, 6.45) is 0. The van der Waals surface area contributed by atoms with Crippen LogP contribution in [0.5, 0.6) is 11.5 Å². The molecule has 0 aliphatic heterocycles. The standard InChI is InChI=1S/C12H15N3O2/c1-15-12(13)7-9(14-15)8-4-5-10(16-2)11(6-8)17-3/h4-7H,13H2,1-3H3. The highest BCUT2D eigenvalue weighted by molar-refractivity contribution is 5.66. The third kappa shape index (κ3) is 2.04. The molecular weight excluding hydrogens is 218 g/mol. The molecule has 0 saturated heterocycles. The van der Waals surface area contributed by atoms with E-state index in [9.17, 15) is 0 Å². The number of ether oxygens (including phenoxy) is 2. The Balaban J connectivity index is 2.46. The molecule has 0 atom stereocenters. The van der Waals surface area contributed by atoms with Crippen LogP contribution in [-0.4, -0.2) is 24.0 Å². The lowest BCUT2D eigenvalue weighted by atomic mass is 10.1. The number of aryl methyl sites for hydroxylation is 1. The molecule has 90 valence electrons. The van der Waals surface area contributed by atoms with Crippen LogP contribution in [0.3, 0.4) is 0 Å². The van der Waals surface area contributed by atoms with Crippen LogP contribution < -0.4 is 15.2 Å². The molecule has 2 aromatic rings. The Kier molecular flexibility index (Phi) is 2.91. The lowest BCUT2D eigenvalue weighted by Crippen LogP contribution is -1.96. The summed E-state index contributed by atoms with van der Waals surface area (Å²) in [6, 6.07) is 7.46. The van der Waals surface area contributed by atoms with E-state index in [4.69, 9.17) is 15.2 Å². The Morgan fingerprint density at radius 2 is 1.82 bits per heavy atom. The summed E-state index contributed by atoms with van der Waals surface area (Å²) >= 11 is 0. The highest BCUT2D eigenvalue weighted by Gasteiger charge is 2.09. The summed E-state index contributed by atoms with van der Waals surface area (Å²) in [6.45, 7) is 0. The van der Waals surface area contributed by atoms with Gasteiger partial charge in [0, 0.05) is 18.7 Å². The average Bonchev–Trinajstić information content (AvgIpc) is 2.68. The third-order valence-corrected chi connectivity index (χ3v) is 2.60. The van der Waals surface area contributed by atoms with Gasteiger partial charge in [0.05, 0.1) is 19.9 Å². The number of aromatic nitrogens is 2. The molecule has 17 heavy (non-hydrogen) atoms. The fraction of sp³-hybridized carbons (Fsp3) is 0.250. The molecular formula is C12H15N3O2. The number of methoxy groups -OCH3 is 2. The second-order valence-corrected chi connectivity index (χ2v) is 3.65. The quantitative estimate of drug-likeness (QED) is 0.876. The van der Waals surface area contributed by atoms with Crippen molar-refractivity contribution < 1.29 is 9.47 Å². The van der Waals surface area contributed by atoms with Crippen molar-refractivity contribution in [2.45, 2.75) is 0 Å². The van der Waals surface area contributed by atoms with E-state index < -0.39 is 0 Å². The van der Waals surface area contributed by atoms with Crippen molar-refractivity contribution in [3.8, 4) is 22.8 Å². The van der Waals surface area contributed by atoms with E-state index in [1.54, 1.807) is 25.9 Å². The number of hydrogen-bond donors (Lipinski definition) is 1. The lowest BCUT2D eigenvalue weighted by molar-refractivity contribution is 0.355. The highest BCUT2D eigenvalue weighted by atomic mass is 16.5. The Morgan fingerprint density at radius 1 is 1.12 bits per heavy atom. The van der Waals surface area contributed by atoms with Crippen molar-refractivity contribution in [1.82, 2.24) is 9.78 Å². The van der Waals surface area contributed by atoms with Gasteiger partial charge in [-0.3, -0.25) is 4.68 Å². The van der Waals surface area contributed by atoms with Gasteiger partial charge in [-0.2, -0.15) is 5.10 Å². The fourth-order valence-corrected chi connectivity index (χ4v) is 1.62. The number of rotatable bonds is 3. The predicted molar refractivity (Wildman–Crippen MR) is 66.2 cm³/mol. The molecule has 0 bridgehead atoms. The minimum atomic E-state index is 0.620. The molecule has 0 saturated carbocycles. The van der Waals surface area contributed by atoms with E-state index in [0.717, 1.165) is 11.3 Å². The summed E-state index contributed by atoms with van der Waals surface area (Å²) < 4.78 is 12.1. The maximum absolute atomic E-state index is 5.75. The second kappa shape index (κ2) is 4.37. The molecule has 5 heteroatoms. The van der Waals surface area contributed by atoms with Crippen LogP contribution in [-0.2, 0) is 7.05 Å². The van der Waals surface area contributed by atoms with E-state index in [1.165, 1.54) is 0 Å². The van der Waals surface area contributed by atoms with Gasteiger partial charge in [0.1, 0.15) is 5.82 Å². The van der Waals surface area contributed by atoms with Crippen molar-refractivity contribution in [2.24, 2.45) is 7.05 Å². The molecule has 0 fully saturated rings. The van der Waals surface area contributed by atoms with Crippen LogP contribution in [0.4, 0.5) is 5.82 Å². The van der Waals surface area contributed by atoms with Crippen LogP contribution in [0.15, 0.2) is 24.3 Å². The molecule has 2 rings (SSSR count). The smallest absolute Gasteiger partial charge is 0.161 e. The minimum absolute atomic E-state index is 0.620. The lowest BCUT2D eigenvalue weighted by Gasteiger charge is -2.08. The summed E-state index contributed by atoms with van der Waals surface area (Å²) in [7, 11) is 5.02. The van der Waals surface area contributed by atoms with Gasteiger partial charge in [-0.1, -0.05) is 0 Å². The third-order valence-electron chi connectivity index (χ3n) is 2.60. The van der Waals surface area contributed by atoms with E-state index in [-0.39, 0.29) is 0 Å². The Morgan fingerprint density at radius 3 is 2.35 bits per heavy atom. The van der Waals surface area contributed by atoms with Gasteiger partial charge < -0.3 is 15.2 Å². The highest BCUT2D eigenvalue weighted by Crippen LogP contribution is 2.32. The molecule has 5 nitrogen and oxygen atoms in total. The monoisotopic (exact) mass is 233 g/mol. The van der Waals surface area contributed by atoms with Gasteiger partial charge in [0.2, 0.25) is 0 Å². The van der Waals surface area contributed by atoms with Gasteiger partial charge in [-0.05, 0) is 18.2 Å². The second-order valence-electron chi connectivity index (χ2n) is 3.65. The number of benzene rings is 1. The zero-order chi connectivity index (χ0) is 12.4. The molecule has 1 aromatic carbocycles. The largest absolute Gasteiger partial charge is 0.493 e. The summed E-state index contributed by atoms with van der Waals surface area (Å²) in [5, 5.41) is 4.31. The normalized spacial score (nSPS) is 10.3. The van der Waals surface area contributed by atoms with E-state index >= 15 is 0 Å². The fourth-order valence-electron chi connectivity index (χ4n) is 1.62. The number of nitrogens with two attached hydrogens (primary N) is 1. The maximum Gasteiger partial charge on any atom is 0.161 e. The zero-order valence-corrected chi connectivity index (χ0v) is 10.1. The molecule has 1 heterocycles. The average molecular weight is 233 g/mol. The summed E-state index contributed by atoms with van der Waals surface area (Å²) in [5.74, 6) is 1.99. The Labute approximate surface area is 99.8 Å². The molecule has 0 unspecified atom stereocenters. The first kappa shape index (κ1) is 11.3. The van der Waals surface area contributed by atoms with Gasteiger partial charge in [-0.25, -0.2) is 0 Å². The van der Waals surface area contributed by atoms with Crippen LogP contribution in [0, 0.1) is 0 Å². The summed E-state index contributed by atoms with van der Waals surface area (Å²) in [4.78, 5) is 0. The van der Waals surface area contributed by atoms with Crippen LogP contribution >= 0.6 is 0 Å². The van der Waals surface area contributed by atoms with Crippen molar-refractivity contribution in [2.75, 3.05) is 20.0 Å².